The van der Waals surface area contributed by atoms with Crippen LogP contribution in [0, 0.1) is 0 Å². The molecule has 1 N–H and O–H groups in total. The Kier molecular flexibility index (Phi) is 5.14. The van der Waals surface area contributed by atoms with Crippen LogP contribution >= 0.6 is 11.8 Å². The number of benzene rings is 1. The second-order valence-electron chi connectivity index (χ2n) is 6.02. The molecular weight excluding hydrogens is 360 g/mol. The van der Waals surface area contributed by atoms with Gasteiger partial charge in [0.25, 0.3) is 0 Å². The average molecular weight is 380 g/mol. The molecule has 7 nitrogen and oxygen atoms in total. The van der Waals surface area contributed by atoms with Crippen LogP contribution in [0.15, 0.2) is 29.4 Å². The van der Waals surface area contributed by atoms with E-state index < -0.39 is 10.0 Å². The van der Waals surface area contributed by atoms with Crippen molar-refractivity contribution in [3.05, 3.63) is 35.7 Å². The van der Waals surface area contributed by atoms with Crippen LogP contribution in [0.2, 0.25) is 0 Å². The smallest absolute Gasteiger partial charge is 0.229 e. The fourth-order valence-electron chi connectivity index (χ4n) is 2.50. The molecule has 3 rings (SSSR count). The second-order valence-corrected chi connectivity index (χ2v) is 8.71. The summed E-state index contributed by atoms with van der Waals surface area (Å²) >= 11 is 1.38. The molecule has 1 aromatic heterocycles. The molecule has 0 bridgehead atoms. The van der Waals surface area contributed by atoms with Gasteiger partial charge in [-0.05, 0) is 44.0 Å². The number of hydrogen-bond donors (Lipinski definition) is 1. The van der Waals surface area contributed by atoms with E-state index in [-0.39, 0.29) is 11.5 Å². The molecule has 0 amide bonds. The van der Waals surface area contributed by atoms with Gasteiger partial charge in [-0.15, -0.1) is 10.2 Å². The number of thioether (sulfide) groups is 1. The number of anilines is 1. The first kappa shape index (κ1) is 17.9. The highest BCUT2D eigenvalue weighted by molar-refractivity contribution is 7.99. The number of carbonyl (C=O) groups excluding carboxylic acids is 1. The van der Waals surface area contributed by atoms with E-state index in [1.165, 1.54) is 11.8 Å². The predicted molar refractivity (Wildman–Crippen MR) is 97.6 cm³/mol. The van der Waals surface area contributed by atoms with E-state index in [0.717, 1.165) is 36.6 Å². The van der Waals surface area contributed by atoms with Crippen LogP contribution in [-0.4, -0.2) is 41.0 Å². The maximum atomic E-state index is 12.4. The van der Waals surface area contributed by atoms with Crippen LogP contribution in [0.25, 0.3) is 0 Å². The van der Waals surface area contributed by atoms with Crippen molar-refractivity contribution in [2.75, 3.05) is 16.7 Å². The minimum absolute atomic E-state index is 0.0328. The quantitative estimate of drug-likeness (QED) is 0.559. The number of rotatable bonds is 8. The summed E-state index contributed by atoms with van der Waals surface area (Å²) in [6, 6.07) is 6.41. The Morgan fingerprint density at radius 2 is 1.96 bits per heavy atom. The highest BCUT2D eigenvalue weighted by Gasteiger charge is 2.30. The first-order chi connectivity index (χ1) is 11.9. The molecule has 0 atom stereocenters. The predicted octanol–water partition coefficient (Wildman–Crippen LogP) is 2.52. The fraction of sp³-hybridized carbons (Fsp3) is 0.438. The summed E-state index contributed by atoms with van der Waals surface area (Å²) < 4.78 is 26.8. The minimum atomic E-state index is -3.32. The maximum absolute atomic E-state index is 12.4. The van der Waals surface area contributed by atoms with Gasteiger partial charge in [0.05, 0.1) is 12.0 Å². The highest BCUT2D eigenvalue weighted by atomic mass is 32.2. The fourth-order valence-corrected chi connectivity index (χ4v) is 3.97. The molecule has 0 unspecified atom stereocenters. The molecule has 2 aromatic rings. The van der Waals surface area contributed by atoms with Crippen molar-refractivity contribution in [1.82, 2.24) is 14.8 Å². The number of nitrogens with one attached hydrogen (secondary N) is 1. The summed E-state index contributed by atoms with van der Waals surface area (Å²) in [6.45, 7) is 2.84. The third-order valence-electron chi connectivity index (χ3n) is 3.85. The Morgan fingerprint density at radius 1 is 1.28 bits per heavy atom. The summed E-state index contributed by atoms with van der Waals surface area (Å²) in [4.78, 5) is 12.4. The van der Waals surface area contributed by atoms with Crippen molar-refractivity contribution in [3.63, 3.8) is 0 Å². The molecule has 9 heteroatoms. The van der Waals surface area contributed by atoms with Crippen molar-refractivity contribution in [1.29, 1.82) is 0 Å². The number of sulfonamides is 1. The number of carbonyl (C=O) groups is 1. The molecule has 1 aromatic carbocycles. The average Bonchev–Trinajstić information content (AvgIpc) is 3.32. The zero-order chi connectivity index (χ0) is 18.0. The van der Waals surface area contributed by atoms with Crippen molar-refractivity contribution in [2.45, 2.75) is 37.4 Å². The van der Waals surface area contributed by atoms with Crippen LogP contribution in [0.1, 0.15) is 41.9 Å². The summed E-state index contributed by atoms with van der Waals surface area (Å²) in [6.07, 6.45) is 3.41. The minimum Gasteiger partial charge on any atom is -0.306 e. The van der Waals surface area contributed by atoms with Gasteiger partial charge >= 0.3 is 0 Å². The summed E-state index contributed by atoms with van der Waals surface area (Å²) in [7, 11) is -3.32. The summed E-state index contributed by atoms with van der Waals surface area (Å²) in [5.74, 6) is 1.78. The monoisotopic (exact) mass is 380 g/mol. The van der Waals surface area contributed by atoms with Crippen molar-refractivity contribution < 1.29 is 13.2 Å². The summed E-state index contributed by atoms with van der Waals surface area (Å²) in [5.41, 5.74) is 0.975. The Balaban J connectivity index is 1.63. The van der Waals surface area contributed by atoms with E-state index in [2.05, 4.69) is 26.4 Å². The van der Waals surface area contributed by atoms with Gasteiger partial charge in [-0.3, -0.25) is 9.52 Å². The third-order valence-corrected chi connectivity index (χ3v) is 5.42. The normalized spacial score (nSPS) is 14.5. The molecule has 1 aliphatic carbocycles. The lowest BCUT2D eigenvalue weighted by atomic mass is 10.1. The molecule has 0 spiro atoms. The van der Waals surface area contributed by atoms with E-state index >= 15 is 0 Å². The zero-order valence-corrected chi connectivity index (χ0v) is 15.7. The van der Waals surface area contributed by atoms with Crippen molar-refractivity contribution in [2.24, 2.45) is 0 Å². The molecule has 1 aliphatic rings. The number of hydrogen-bond acceptors (Lipinski definition) is 6. The van der Waals surface area contributed by atoms with Gasteiger partial charge in [-0.2, -0.15) is 0 Å². The zero-order valence-electron chi connectivity index (χ0n) is 14.1. The van der Waals surface area contributed by atoms with Crippen LogP contribution in [0.5, 0.6) is 0 Å². The molecule has 134 valence electrons. The summed E-state index contributed by atoms with van der Waals surface area (Å²) in [5, 5.41) is 9.25. The molecule has 0 radical (unpaired) electrons. The SMILES string of the molecule is CCn1c(SCC(=O)c2ccc(NS(C)(=O)=O)cc2)nnc1C1CC1. The molecule has 1 fully saturated rings. The van der Waals surface area contributed by atoms with Crippen molar-refractivity contribution >= 4 is 33.3 Å². The molecule has 0 saturated heterocycles. The van der Waals surface area contributed by atoms with E-state index in [1.54, 1.807) is 24.3 Å². The number of ketones is 1. The highest BCUT2D eigenvalue weighted by Crippen LogP contribution is 2.40. The van der Waals surface area contributed by atoms with E-state index in [0.29, 0.717) is 17.2 Å². The Bertz CT molecular complexity index is 871. The van der Waals surface area contributed by atoms with E-state index in [4.69, 9.17) is 0 Å². The largest absolute Gasteiger partial charge is 0.306 e. The van der Waals surface area contributed by atoms with Crippen LogP contribution in [0.4, 0.5) is 5.69 Å². The van der Waals surface area contributed by atoms with E-state index in [9.17, 15) is 13.2 Å². The lowest BCUT2D eigenvalue weighted by molar-refractivity contribution is 0.102. The molecule has 0 aliphatic heterocycles. The Hall–Kier alpha value is -1.87. The number of Topliss-reactive ketones (excluding diaryl/α,β-unsaturated/α-hetero) is 1. The molecule has 1 saturated carbocycles. The van der Waals surface area contributed by atoms with Gasteiger partial charge in [-0.25, -0.2) is 8.42 Å². The van der Waals surface area contributed by atoms with Gasteiger partial charge in [0.1, 0.15) is 5.82 Å². The standard InChI is InChI=1S/C16H20N4O3S2/c1-3-20-15(12-4-5-12)17-18-16(20)24-10-14(21)11-6-8-13(9-7-11)19-25(2,22)23/h6-9,12,19H,3-5,10H2,1-2H3. The Morgan fingerprint density at radius 3 is 2.52 bits per heavy atom. The second kappa shape index (κ2) is 7.17. The lowest BCUT2D eigenvalue weighted by Crippen LogP contribution is -2.10. The topological polar surface area (TPSA) is 94.0 Å². The molecular formula is C16H20N4O3S2. The van der Waals surface area contributed by atoms with Crippen LogP contribution < -0.4 is 4.72 Å². The van der Waals surface area contributed by atoms with Gasteiger partial charge in [0, 0.05) is 23.7 Å². The lowest BCUT2D eigenvalue weighted by Gasteiger charge is -2.07. The molecule has 1 heterocycles. The van der Waals surface area contributed by atoms with Crippen LogP contribution in [0.3, 0.4) is 0 Å². The first-order valence-corrected chi connectivity index (χ1v) is 10.9. The van der Waals surface area contributed by atoms with Gasteiger partial charge in [-0.1, -0.05) is 11.8 Å². The first-order valence-electron chi connectivity index (χ1n) is 8.04. The van der Waals surface area contributed by atoms with Gasteiger partial charge in [0.2, 0.25) is 10.0 Å². The molecule has 25 heavy (non-hydrogen) atoms. The maximum Gasteiger partial charge on any atom is 0.229 e. The van der Waals surface area contributed by atoms with Crippen molar-refractivity contribution in [3.8, 4) is 0 Å². The Labute approximate surface area is 151 Å². The number of aromatic nitrogens is 3. The van der Waals surface area contributed by atoms with Gasteiger partial charge < -0.3 is 4.57 Å². The number of nitrogens with zero attached hydrogens (tertiary/aromatic N) is 3. The third kappa shape index (κ3) is 4.60. The van der Waals surface area contributed by atoms with Crippen LogP contribution in [-0.2, 0) is 16.6 Å². The van der Waals surface area contributed by atoms with E-state index in [1.807, 2.05) is 0 Å². The van der Waals surface area contributed by atoms with Gasteiger partial charge in [0.15, 0.2) is 10.9 Å².